The summed E-state index contributed by atoms with van der Waals surface area (Å²) in [6, 6.07) is 19.7. The molecule has 0 radical (unpaired) electrons. The Balaban J connectivity index is 1.64. The van der Waals surface area contributed by atoms with Crippen LogP contribution >= 0.6 is 0 Å². The van der Waals surface area contributed by atoms with E-state index >= 15 is 0 Å². The Morgan fingerprint density at radius 2 is 1.47 bits per heavy atom. The number of ether oxygens (including phenoxy) is 2. The lowest BCUT2D eigenvalue weighted by Gasteiger charge is -2.11. The van der Waals surface area contributed by atoms with Crippen LogP contribution in [-0.2, 0) is 16.6 Å². The number of amides is 1. The van der Waals surface area contributed by atoms with Crippen molar-refractivity contribution in [2.75, 3.05) is 18.9 Å². The van der Waals surface area contributed by atoms with Gasteiger partial charge in [-0.2, -0.15) is 0 Å². The third-order valence-electron chi connectivity index (χ3n) is 4.32. The fraction of sp³-hybridized carbons (Fsp3) is 0.136. The highest BCUT2D eigenvalue weighted by Crippen LogP contribution is 2.22. The summed E-state index contributed by atoms with van der Waals surface area (Å²) in [5.41, 5.74) is 1.60. The highest BCUT2D eigenvalue weighted by molar-refractivity contribution is 7.92. The van der Waals surface area contributed by atoms with Crippen LogP contribution in [0.2, 0.25) is 0 Å². The van der Waals surface area contributed by atoms with Crippen LogP contribution < -0.4 is 19.5 Å². The summed E-state index contributed by atoms with van der Waals surface area (Å²) in [4.78, 5) is 12.6. The molecule has 0 aliphatic rings. The van der Waals surface area contributed by atoms with Crippen LogP contribution in [0.25, 0.3) is 0 Å². The minimum absolute atomic E-state index is 0.167. The van der Waals surface area contributed by atoms with Gasteiger partial charge in [-0.15, -0.1) is 0 Å². The normalized spacial score (nSPS) is 10.9. The number of anilines is 1. The van der Waals surface area contributed by atoms with Gasteiger partial charge in [0, 0.05) is 23.9 Å². The lowest BCUT2D eigenvalue weighted by Crippen LogP contribution is -2.22. The van der Waals surface area contributed by atoms with E-state index < -0.39 is 10.0 Å². The van der Waals surface area contributed by atoms with E-state index in [0.29, 0.717) is 22.7 Å². The Morgan fingerprint density at radius 3 is 2.03 bits per heavy atom. The standard InChI is InChI=1S/C22H22N2O5S/c1-28-19-12-16(13-20(14-19)29-2)15-23-22(25)17-8-10-18(11-9-17)24-30(26,27)21-6-4-3-5-7-21/h3-14,24H,15H2,1-2H3,(H,23,25). The summed E-state index contributed by atoms with van der Waals surface area (Å²) in [6.45, 7) is 0.286. The molecule has 3 rings (SSSR count). The Bertz CT molecular complexity index is 1090. The van der Waals surface area contributed by atoms with Crippen LogP contribution in [0.1, 0.15) is 15.9 Å². The molecular weight excluding hydrogens is 404 g/mol. The molecule has 0 unspecified atom stereocenters. The molecule has 1 amide bonds. The molecule has 0 saturated heterocycles. The lowest BCUT2D eigenvalue weighted by molar-refractivity contribution is 0.0951. The molecule has 0 aromatic heterocycles. The van der Waals surface area contributed by atoms with E-state index in [4.69, 9.17) is 9.47 Å². The number of carbonyl (C=O) groups excluding carboxylic acids is 1. The van der Waals surface area contributed by atoms with Gasteiger partial charge in [-0.05, 0) is 54.1 Å². The van der Waals surface area contributed by atoms with Crippen LogP contribution in [0, 0.1) is 0 Å². The smallest absolute Gasteiger partial charge is 0.261 e. The highest BCUT2D eigenvalue weighted by Gasteiger charge is 2.14. The molecule has 0 saturated carbocycles. The van der Waals surface area contributed by atoms with Gasteiger partial charge < -0.3 is 14.8 Å². The molecule has 2 N–H and O–H groups in total. The number of hydrogen-bond acceptors (Lipinski definition) is 5. The molecule has 0 atom stereocenters. The zero-order valence-corrected chi connectivity index (χ0v) is 17.4. The zero-order chi connectivity index (χ0) is 21.6. The van der Waals surface area contributed by atoms with Gasteiger partial charge >= 0.3 is 0 Å². The van der Waals surface area contributed by atoms with Crippen LogP contribution in [-0.4, -0.2) is 28.5 Å². The van der Waals surface area contributed by atoms with Crippen molar-refractivity contribution in [2.45, 2.75) is 11.4 Å². The van der Waals surface area contributed by atoms with Crippen molar-refractivity contribution in [1.29, 1.82) is 0 Å². The first-order chi connectivity index (χ1) is 14.4. The summed E-state index contributed by atoms with van der Waals surface area (Å²) in [5.74, 6) is 0.983. The van der Waals surface area contributed by atoms with Crippen molar-refractivity contribution in [3.8, 4) is 11.5 Å². The largest absolute Gasteiger partial charge is 0.497 e. The molecule has 3 aromatic rings. The molecule has 8 heteroatoms. The highest BCUT2D eigenvalue weighted by atomic mass is 32.2. The van der Waals surface area contributed by atoms with Crippen LogP contribution in [0.4, 0.5) is 5.69 Å². The Labute approximate surface area is 175 Å². The average Bonchev–Trinajstić information content (AvgIpc) is 2.78. The summed E-state index contributed by atoms with van der Waals surface area (Å²) < 4.78 is 37.7. The fourth-order valence-electron chi connectivity index (χ4n) is 2.76. The first-order valence-electron chi connectivity index (χ1n) is 9.09. The first kappa shape index (κ1) is 21.2. The fourth-order valence-corrected chi connectivity index (χ4v) is 3.84. The third-order valence-corrected chi connectivity index (χ3v) is 5.71. The molecule has 30 heavy (non-hydrogen) atoms. The van der Waals surface area contributed by atoms with E-state index in [1.807, 2.05) is 12.1 Å². The second-order valence-electron chi connectivity index (χ2n) is 6.40. The molecule has 0 aliphatic carbocycles. The van der Waals surface area contributed by atoms with Crippen molar-refractivity contribution in [3.05, 3.63) is 83.9 Å². The van der Waals surface area contributed by atoms with Gasteiger partial charge in [-0.1, -0.05) is 18.2 Å². The average molecular weight is 426 g/mol. The van der Waals surface area contributed by atoms with Crippen molar-refractivity contribution >= 4 is 21.6 Å². The van der Waals surface area contributed by atoms with E-state index in [1.54, 1.807) is 62.8 Å². The Morgan fingerprint density at radius 1 is 0.867 bits per heavy atom. The summed E-state index contributed by atoms with van der Waals surface area (Å²) in [5, 5.41) is 2.82. The quantitative estimate of drug-likeness (QED) is 0.576. The Hall–Kier alpha value is -3.52. The van der Waals surface area contributed by atoms with E-state index in [2.05, 4.69) is 10.0 Å². The second kappa shape index (κ2) is 9.32. The molecule has 0 bridgehead atoms. The molecular formula is C22H22N2O5S. The maximum Gasteiger partial charge on any atom is 0.261 e. The predicted molar refractivity (Wildman–Crippen MR) is 114 cm³/mol. The van der Waals surface area contributed by atoms with Gasteiger partial charge in [0.25, 0.3) is 15.9 Å². The molecule has 0 fully saturated rings. The number of nitrogens with one attached hydrogen (secondary N) is 2. The summed E-state index contributed by atoms with van der Waals surface area (Å²) in [7, 11) is -0.560. The monoisotopic (exact) mass is 426 g/mol. The van der Waals surface area contributed by atoms with Gasteiger partial charge in [0.15, 0.2) is 0 Å². The first-order valence-corrected chi connectivity index (χ1v) is 10.6. The molecule has 3 aromatic carbocycles. The zero-order valence-electron chi connectivity index (χ0n) is 16.6. The predicted octanol–water partition coefficient (Wildman–Crippen LogP) is 3.43. The minimum atomic E-state index is -3.68. The third kappa shape index (κ3) is 5.30. The molecule has 0 heterocycles. The molecule has 7 nitrogen and oxygen atoms in total. The van der Waals surface area contributed by atoms with Crippen LogP contribution in [0.3, 0.4) is 0 Å². The number of sulfonamides is 1. The number of benzene rings is 3. The van der Waals surface area contributed by atoms with Crippen LogP contribution in [0.5, 0.6) is 11.5 Å². The lowest BCUT2D eigenvalue weighted by atomic mass is 10.1. The van der Waals surface area contributed by atoms with Gasteiger partial charge in [0.2, 0.25) is 0 Å². The van der Waals surface area contributed by atoms with Crippen molar-refractivity contribution in [3.63, 3.8) is 0 Å². The topological polar surface area (TPSA) is 93.7 Å². The van der Waals surface area contributed by atoms with E-state index in [0.717, 1.165) is 5.56 Å². The van der Waals surface area contributed by atoms with Gasteiger partial charge in [0.1, 0.15) is 11.5 Å². The van der Waals surface area contributed by atoms with Gasteiger partial charge in [-0.3, -0.25) is 9.52 Å². The second-order valence-corrected chi connectivity index (χ2v) is 8.08. The summed E-state index contributed by atoms with van der Waals surface area (Å²) in [6.07, 6.45) is 0. The maximum atomic E-state index is 12.4. The molecule has 0 aliphatic heterocycles. The SMILES string of the molecule is COc1cc(CNC(=O)c2ccc(NS(=O)(=O)c3ccccc3)cc2)cc(OC)c1. The van der Waals surface area contributed by atoms with Crippen molar-refractivity contribution in [1.82, 2.24) is 5.32 Å². The van der Waals surface area contributed by atoms with Crippen LogP contribution in [0.15, 0.2) is 77.7 Å². The van der Waals surface area contributed by atoms with Gasteiger partial charge in [-0.25, -0.2) is 8.42 Å². The maximum absolute atomic E-state index is 12.4. The van der Waals surface area contributed by atoms with Gasteiger partial charge in [0.05, 0.1) is 19.1 Å². The number of carbonyl (C=O) groups is 1. The number of rotatable bonds is 8. The summed E-state index contributed by atoms with van der Waals surface area (Å²) >= 11 is 0. The Kier molecular flexibility index (Phi) is 6.58. The minimum Gasteiger partial charge on any atom is -0.497 e. The van der Waals surface area contributed by atoms with E-state index in [9.17, 15) is 13.2 Å². The molecule has 156 valence electrons. The van der Waals surface area contributed by atoms with Crippen molar-refractivity contribution in [2.24, 2.45) is 0 Å². The number of methoxy groups -OCH3 is 2. The number of hydrogen-bond donors (Lipinski definition) is 2. The molecule has 0 spiro atoms. The van der Waals surface area contributed by atoms with Crippen molar-refractivity contribution < 1.29 is 22.7 Å². The van der Waals surface area contributed by atoms with E-state index in [1.165, 1.54) is 12.1 Å². The van der Waals surface area contributed by atoms with E-state index in [-0.39, 0.29) is 17.3 Å².